The van der Waals surface area contributed by atoms with E-state index in [0.717, 1.165) is 32.5 Å². The number of rotatable bonds is 3. The van der Waals surface area contributed by atoms with Gasteiger partial charge >= 0.3 is 0 Å². The molecule has 0 aliphatic carbocycles. The molecule has 1 unspecified atom stereocenters. The molecule has 78 valence electrons. The summed E-state index contributed by atoms with van der Waals surface area (Å²) in [6.45, 7) is 1.65. The Morgan fingerprint density at radius 1 is 1.64 bits per heavy atom. The highest BCUT2D eigenvalue weighted by atomic mass is 35.5. The highest BCUT2D eigenvalue weighted by Crippen LogP contribution is 2.34. The zero-order chi connectivity index (χ0) is 9.86. The second-order valence-electron chi connectivity index (χ2n) is 3.85. The number of nitrogens with zero attached hydrogens (tertiary/aromatic N) is 2. The largest absolute Gasteiger partial charge is 0.381 e. The van der Waals surface area contributed by atoms with Crippen molar-refractivity contribution in [2.45, 2.75) is 19.3 Å². The molecule has 5 heteroatoms. The van der Waals surface area contributed by atoms with E-state index >= 15 is 0 Å². The average Bonchev–Trinajstić information content (AvgIpc) is 2.72. The minimum atomic E-state index is 0.119. The summed E-state index contributed by atoms with van der Waals surface area (Å²) in [5.41, 5.74) is 0.119. The van der Waals surface area contributed by atoms with E-state index in [1.54, 1.807) is 0 Å². The Morgan fingerprint density at radius 3 is 3.14 bits per heavy atom. The van der Waals surface area contributed by atoms with Gasteiger partial charge in [-0.25, -0.2) is 0 Å². The van der Waals surface area contributed by atoms with E-state index in [9.17, 15) is 0 Å². The predicted molar refractivity (Wildman–Crippen MR) is 56.8 cm³/mol. The maximum Gasteiger partial charge on any atom is 0.0653 e. The van der Waals surface area contributed by atoms with E-state index < -0.39 is 0 Å². The Kier molecular flexibility index (Phi) is 3.36. The summed E-state index contributed by atoms with van der Waals surface area (Å²) in [6.07, 6.45) is 5.04. The molecule has 1 aliphatic heterocycles. The molecular formula is C9H13ClN2OS. The van der Waals surface area contributed by atoms with Gasteiger partial charge in [0.15, 0.2) is 0 Å². The predicted octanol–water partition coefficient (Wildman–Crippen LogP) is 2.12. The highest BCUT2D eigenvalue weighted by Gasteiger charge is 2.32. The van der Waals surface area contributed by atoms with Gasteiger partial charge < -0.3 is 4.74 Å². The van der Waals surface area contributed by atoms with Crippen LogP contribution in [0, 0.1) is 5.41 Å². The Bertz CT molecular complexity index is 272. The van der Waals surface area contributed by atoms with Gasteiger partial charge in [-0.15, -0.1) is 16.7 Å². The SMILES string of the molecule is ClCC1(Cc2cnns2)CCCOC1. The normalized spacial score (nSPS) is 27.8. The van der Waals surface area contributed by atoms with Crippen LogP contribution in [0.25, 0.3) is 0 Å². The summed E-state index contributed by atoms with van der Waals surface area (Å²) in [5.74, 6) is 0.658. The average molecular weight is 233 g/mol. The van der Waals surface area contributed by atoms with Crippen molar-refractivity contribution >= 4 is 23.1 Å². The molecule has 0 saturated carbocycles. The molecule has 1 aromatic heterocycles. The second-order valence-corrected chi connectivity index (χ2v) is 4.99. The van der Waals surface area contributed by atoms with Crippen LogP contribution in [-0.2, 0) is 11.2 Å². The molecule has 1 fully saturated rings. The number of hydrogen-bond donors (Lipinski definition) is 0. The van der Waals surface area contributed by atoms with Gasteiger partial charge in [0.05, 0.1) is 12.8 Å². The molecule has 14 heavy (non-hydrogen) atoms. The van der Waals surface area contributed by atoms with Crippen molar-refractivity contribution in [3.8, 4) is 0 Å². The number of halogens is 1. The monoisotopic (exact) mass is 232 g/mol. The Balaban J connectivity index is 2.04. The molecule has 1 saturated heterocycles. The van der Waals surface area contributed by atoms with Gasteiger partial charge in [-0.05, 0) is 30.8 Å². The molecular weight excluding hydrogens is 220 g/mol. The first kappa shape index (κ1) is 10.3. The molecule has 0 spiro atoms. The van der Waals surface area contributed by atoms with E-state index in [1.807, 2.05) is 6.20 Å². The number of alkyl halides is 1. The topological polar surface area (TPSA) is 35.0 Å². The summed E-state index contributed by atoms with van der Waals surface area (Å²) in [4.78, 5) is 1.20. The Hall–Kier alpha value is -0.190. The van der Waals surface area contributed by atoms with Gasteiger partial charge in [0.1, 0.15) is 0 Å². The van der Waals surface area contributed by atoms with Gasteiger partial charge in [-0.2, -0.15) is 0 Å². The van der Waals surface area contributed by atoms with Crippen molar-refractivity contribution in [3.05, 3.63) is 11.1 Å². The molecule has 0 radical (unpaired) electrons. The smallest absolute Gasteiger partial charge is 0.0653 e. The van der Waals surface area contributed by atoms with Crippen LogP contribution in [0.5, 0.6) is 0 Å². The molecule has 2 rings (SSSR count). The third-order valence-electron chi connectivity index (χ3n) is 2.64. The Morgan fingerprint density at radius 2 is 2.57 bits per heavy atom. The van der Waals surface area contributed by atoms with E-state index in [2.05, 4.69) is 9.59 Å². The molecule has 1 aromatic rings. The lowest BCUT2D eigenvalue weighted by molar-refractivity contribution is 0.00515. The van der Waals surface area contributed by atoms with E-state index in [0.29, 0.717) is 5.88 Å². The van der Waals surface area contributed by atoms with E-state index in [1.165, 1.54) is 16.4 Å². The third kappa shape index (κ3) is 2.24. The van der Waals surface area contributed by atoms with Crippen molar-refractivity contribution in [1.29, 1.82) is 0 Å². The van der Waals surface area contributed by atoms with Gasteiger partial charge in [0.2, 0.25) is 0 Å². The number of aromatic nitrogens is 2. The minimum absolute atomic E-state index is 0.119. The zero-order valence-corrected chi connectivity index (χ0v) is 9.48. The van der Waals surface area contributed by atoms with Crippen molar-refractivity contribution in [2.75, 3.05) is 19.1 Å². The minimum Gasteiger partial charge on any atom is -0.381 e. The van der Waals surface area contributed by atoms with E-state index in [4.69, 9.17) is 16.3 Å². The summed E-state index contributed by atoms with van der Waals surface area (Å²) in [5, 5.41) is 3.84. The first-order chi connectivity index (χ1) is 6.85. The molecule has 1 atom stereocenters. The van der Waals surface area contributed by atoms with Crippen molar-refractivity contribution in [2.24, 2.45) is 5.41 Å². The van der Waals surface area contributed by atoms with Crippen molar-refractivity contribution in [1.82, 2.24) is 9.59 Å². The standard InChI is InChI=1S/C9H13ClN2OS/c10-6-9(2-1-3-13-7-9)4-8-5-11-12-14-8/h5H,1-4,6-7H2. The fraction of sp³-hybridized carbons (Fsp3) is 0.778. The summed E-state index contributed by atoms with van der Waals surface area (Å²) >= 11 is 7.49. The van der Waals surface area contributed by atoms with Gasteiger partial charge in [-0.3, -0.25) is 0 Å². The quantitative estimate of drug-likeness (QED) is 0.749. The third-order valence-corrected chi connectivity index (χ3v) is 3.87. The fourth-order valence-corrected chi connectivity index (χ4v) is 2.81. The number of hydrogen-bond acceptors (Lipinski definition) is 4. The van der Waals surface area contributed by atoms with Crippen LogP contribution >= 0.6 is 23.1 Å². The van der Waals surface area contributed by atoms with Crippen LogP contribution < -0.4 is 0 Å². The molecule has 3 nitrogen and oxygen atoms in total. The molecule has 0 amide bonds. The van der Waals surface area contributed by atoms with Crippen LogP contribution in [0.3, 0.4) is 0 Å². The maximum absolute atomic E-state index is 6.04. The lowest BCUT2D eigenvalue weighted by Gasteiger charge is -2.34. The first-order valence-corrected chi connectivity index (χ1v) is 6.05. The summed E-state index contributed by atoms with van der Waals surface area (Å²) in [6, 6.07) is 0. The molecule has 0 aromatic carbocycles. The number of ether oxygens (including phenoxy) is 1. The maximum atomic E-state index is 6.04. The van der Waals surface area contributed by atoms with Crippen molar-refractivity contribution in [3.63, 3.8) is 0 Å². The fourth-order valence-electron chi connectivity index (χ4n) is 1.84. The highest BCUT2D eigenvalue weighted by molar-refractivity contribution is 7.05. The Labute approximate surface area is 92.6 Å². The lowest BCUT2D eigenvalue weighted by Crippen LogP contribution is -2.35. The lowest BCUT2D eigenvalue weighted by atomic mass is 9.81. The first-order valence-electron chi connectivity index (χ1n) is 4.75. The van der Waals surface area contributed by atoms with Crippen molar-refractivity contribution < 1.29 is 4.74 Å². The van der Waals surface area contributed by atoms with Gasteiger partial charge in [0, 0.05) is 22.8 Å². The van der Waals surface area contributed by atoms with E-state index in [-0.39, 0.29) is 5.41 Å². The van der Waals surface area contributed by atoms with Crippen LogP contribution in [0.2, 0.25) is 0 Å². The zero-order valence-electron chi connectivity index (χ0n) is 7.91. The molecule has 2 heterocycles. The molecule has 1 aliphatic rings. The van der Waals surface area contributed by atoms with Gasteiger partial charge in [-0.1, -0.05) is 4.49 Å². The summed E-state index contributed by atoms with van der Waals surface area (Å²) < 4.78 is 9.37. The second kappa shape index (κ2) is 4.55. The van der Waals surface area contributed by atoms with Crippen LogP contribution in [-0.4, -0.2) is 28.7 Å². The summed E-state index contributed by atoms with van der Waals surface area (Å²) in [7, 11) is 0. The van der Waals surface area contributed by atoms with Crippen LogP contribution in [0.15, 0.2) is 6.20 Å². The van der Waals surface area contributed by atoms with Crippen LogP contribution in [0.4, 0.5) is 0 Å². The van der Waals surface area contributed by atoms with Gasteiger partial charge in [0.25, 0.3) is 0 Å². The molecule has 0 bridgehead atoms. The van der Waals surface area contributed by atoms with Crippen LogP contribution in [0.1, 0.15) is 17.7 Å². The molecule has 0 N–H and O–H groups in total.